The molecule has 2 N–H and O–H groups in total. The first kappa shape index (κ1) is 22.0. The normalized spacial score (nSPS) is 25.6. The number of piperazine rings is 1. The topological polar surface area (TPSA) is 112 Å². The summed E-state index contributed by atoms with van der Waals surface area (Å²) >= 11 is 0. The Hall–Kier alpha value is -2.85. The summed E-state index contributed by atoms with van der Waals surface area (Å²) in [6.45, 7) is 2.71. The van der Waals surface area contributed by atoms with Crippen molar-refractivity contribution in [1.29, 1.82) is 0 Å². The third-order valence-corrected chi connectivity index (χ3v) is 6.81. The van der Waals surface area contributed by atoms with Gasteiger partial charge in [0.15, 0.2) is 17.6 Å². The van der Waals surface area contributed by atoms with E-state index in [1.165, 1.54) is 6.42 Å². The van der Waals surface area contributed by atoms with Gasteiger partial charge in [0.1, 0.15) is 5.82 Å². The van der Waals surface area contributed by atoms with Gasteiger partial charge < -0.3 is 34.5 Å². The molecule has 33 heavy (non-hydrogen) atoms. The molecule has 2 aromatic rings. The van der Waals surface area contributed by atoms with Gasteiger partial charge in [0.05, 0.1) is 38.6 Å². The van der Waals surface area contributed by atoms with E-state index in [-0.39, 0.29) is 18.1 Å². The number of ether oxygens (including phenoxy) is 4. The van der Waals surface area contributed by atoms with Crippen molar-refractivity contribution in [1.82, 2.24) is 14.9 Å². The van der Waals surface area contributed by atoms with Gasteiger partial charge >= 0.3 is 0 Å². The number of fused-ring (bicyclic) bond motifs is 2. The van der Waals surface area contributed by atoms with Crippen molar-refractivity contribution in [3.05, 3.63) is 12.1 Å². The number of hydrogen-bond donors (Lipinski definition) is 1. The molecule has 10 nitrogen and oxygen atoms in total. The zero-order chi connectivity index (χ0) is 22.9. The number of rotatable bonds is 4. The number of aromatic nitrogens is 2. The molecule has 10 heteroatoms. The van der Waals surface area contributed by atoms with Gasteiger partial charge in [-0.1, -0.05) is 12.8 Å². The van der Waals surface area contributed by atoms with Crippen LogP contribution in [-0.4, -0.2) is 86.1 Å². The van der Waals surface area contributed by atoms with Crippen LogP contribution in [0.5, 0.6) is 11.5 Å². The minimum atomic E-state index is -0.508. The van der Waals surface area contributed by atoms with E-state index >= 15 is 0 Å². The number of nitrogens with zero attached hydrogens (tertiary/aromatic N) is 4. The highest BCUT2D eigenvalue weighted by atomic mass is 16.6. The van der Waals surface area contributed by atoms with Gasteiger partial charge in [0, 0.05) is 37.6 Å². The number of amides is 1. The van der Waals surface area contributed by atoms with Crippen molar-refractivity contribution in [3.63, 3.8) is 0 Å². The van der Waals surface area contributed by atoms with Crippen molar-refractivity contribution >= 4 is 28.6 Å². The third kappa shape index (κ3) is 4.24. The number of anilines is 2. The van der Waals surface area contributed by atoms with Crippen LogP contribution in [0.3, 0.4) is 0 Å². The van der Waals surface area contributed by atoms with Crippen molar-refractivity contribution in [2.45, 2.75) is 44.0 Å². The molecule has 1 aliphatic carbocycles. The fraction of sp³-hybridized carbons (Fsp3) is 0.609. The van der Waals surface area contributed by atoms with Crippen molar-refractivity contribution in [3.8, 4) is 11.5 Å². The van der Waals surface area contributed by atoms with Crippen LogP contribution >= 0.6 is 0 Å². The monoisotopic (exact) mass is 457 g/mol. The molecule has 0 bridgehead atoms. The third-order valence-electron chi connectivity index (χ3n) is 6.81. The Kier molecular flexibility index (Phi) is 6.11. The summed E-state index contributed by atoms with van der Waals surface area (Å²) in [6, 6.07) is 3.58. The molecule has 3 heterocycles. The maximum atomic E-state index is 13.1. The number of methoxy groups -OCH3 is 2. The second-order valence-electron chi connectivity index (χ2n) is 8.76. The lowest BCUT2D eigenvalue weighted by Gasteiger charge is -2.41. The molecule has 1 saturated carbocycles. The Balaban J connectivity index is 1.25. The predicted molar refractivity (Wildman–Crippen MR) is 123 cm³/mol. The first-order valence-electron chi connectivity index (χ1n) is 11.6. The number of benzene rings is 1. The van der Waals surface area contributed by atoms with Crippen LogP contribution in [0.1, 0.15) is 25.7 Å². The molecule has 2 aliphatic heterocycles. The molecule has 3 atom stereocenters. The predicted octanol–water partition coefficient (Wildman–Crippen LogP) is 1.60. The van der Waals surface area contributed by atoms with E-state index in [2.05, 4.69) is 4.98 Å². The average molecular weight is 458 g/mol. The fourth-order valence-electron chi connectivity index (χ4n) is 4.94. The second kappa shape index (κ2) is 9.18. The average Bonchev–Trinajstić information content (AvgIpc) is 2.87. The molecule has 2 saturated heterocycles. The van der Waals surface area contributed by atoms with Crippen LogP contribution in [0.2, 0.25) is 0 Å². The molecular weight excluding hydrogens is 426 g/mol. The molecule has 3 aliphatic rings. The zero-order valence-corrected chi connectivity index (χ0v) is 19.2. The number of carbonyl (C=O) groups excluding carboxylic acids is 1. The van der Waals surface area contributed by atoms with Gasteiger partial charge in [-0.15, -0.1) is 0 Å². The van der Waals surface area contributed by atoms with Crippen LogP contribution in [0.15, 0.2) is 12.1 Å². The van der Waals surface area contributed by atoms with Crippen LogP contribution in [0.25, 0.3) is 10.9 Å². The lowest BCUT2D eigenvalue weighted by atomic mass is 9.93. The highest BCUT2D eigenvalue weighted by Crippen LogP contribution is 2.34. The van der Waals surface area contributed by atoms with Gasteiger partial charge in [0.2, 0.25) is 5.95 Å². The van der Waals surface area contributed by atoms with Crippen LogP contribution < -0.4 is 20.1 Å². The lowest BCUT2D eigenvalue weighted by Crippen LogP contribution is -2.56. The summed E-state index contributed by atoms with van der Waals surface area (Å²) in [7, 11) is 3.16. The number of carbonyl (C=O) groups is 1. The SMILES string of the molecule is COc1cc2nc(N3CCN(C(=O)[C@@H]4CO[C@@H]5CCCC[C@@H]5O4)CC3)nc(N)c2cc1OC. The first-order valence-corrected chi connectivity index (χ1v) is 11.6. The summed E-state index contributed by atoms with van der Waals surface area (Å²) in [5.41, 5.74) is 6.92. The van der Waals surface area contributed by atoms with E-state index in [4.69, 9.17) is 29.7 Å². The summed E-state index contributed by atoms with van der Waals surface area (Å²) in [4.78, 5) is 26.2. The summed E-state index contributed by atoms with van der Waals surface area (Å²) in [5.74, 6) is 2.09. The van der Waals surface area contributed by atoms with Crippen molar-refractivity contribution < 1.29 is 23.7 Å². The van der Waals surface area contributed by atoms with Crippen LogP contribution in [0.4, 0.5) is 11.8 Å². The van der Waals surface area contributed by atoms with Gasteiger partial charge in [-0.05, 0) is 18.9 Å². The quantitative estimate of drug-likeness (QED) is 0.731. The Morgan fingerprint density at radius 2 is 1.73 bits per heavy atom. The molecular formula is C23H31N5O5. The Morgan fingerprint density at radius 1 is 1.03 bits per heavy atom. The molecule has 0 spiro atoms. The fourth-order valence-corrected chi connectivity index (χ4v) is 4.94. The smallest absolute Gasteiger partial charge is 0.254 e. The number of hydrogen-bond acceptors (Lipinski definition) is 9. The van der Waals surface area contributed by atoms with Gasteiger partial charge in [0.25, 0.3) is 5.91 Å². The van der Waals surface area contributed by atoms with Crippen LogP contribution in [-0.2, 0) is 14.3 Å². The molecule has 1 aromatic carbocycles. The minimum absolute atomic E-state index is 0.00875. The van der Waals surface area contributed by atoms with Crippen molar-refractivity contribution in [2.75, 3.05) is 57.6 Å². The van der Waals surface area contributed by atoms with Gasteiger partial charge in [-0.3, -0.25) is 4.79 Å². The molecule has 1 amide bonds. The maximum Gasteiger partial charge on any atom is 0.254 e. The lowest BCUT2D eigenvalue weighted by molar-refractivity contribution is -0.201. The summed E-state index contributed by atoms with van der Waals surface area (Å²) in [5, 5.41) is 0.709. The highest BCUT2D eigenvalue weighted by Gasteiger charge is 2.39. The van der Waals surface area contributed by atoms with Crippen molar-refractivity contribution in [2.24, 2.45) is 0 Å². The standard InChI is InChI=1S/C23H31N5O5/c1-30-18-11-14-15(12-19(18)31-2)25-23(26-21(14)24)28-9-7-27(8-10-28)22(29)20-13-32-16-5-3-4-6-17(16)33-20/h11-12,16-17,20H,3-10,13H2,1-2H3,(H2,24,25,26)/t16-,17+,20+/m1/s1. The number of nitrogens with two attached hydrogens (primary N) is 1. The minimum Gasteiger partial charge on any atom is -0.493 e. The van der Waals surface area contributed by atoms with E-state index in [1.54, 1.807) is 26.4 Å². The first-order chi connectivity index (χ1) is 16.1. The molecule has 5 rings (SSSR count). The molecule has 1 aromatic heterocycles. The number of nitrogen functional groups attached to an aromatic ring is 1. The Labute approximate surface area is 192 Å². The zero-order valence-electron chi connectivity index (χ0n) is 19.2. The van der Waals surface area contributed by atoms with Gasteiger partial charge in [-0.25, -0.2) is 4.98 Å². The molecule has 3 fully saturated rings. The van der Waals surface area contributed by atoms with Gasteiger partial charge in [-0.2, -0.15) is 4.98 Å². The maximum absolute atomic E-state index is 13.1. The van der Waals surface area contributed by atoms with E-state index in [0.29, 0.717) is 67.0 Å². The van der Waals surface area contributed by atoms with E-state index in [0.717, 1.165) is 19.3 Å². The van der Waals surface area contributed by atoms with E-state index in [1.807, 2.05) is 9.80 Å². The molecule has 178 valence electrons. The molecule has 0 radical (unpaired) electrons. The highest BCUT2D eigenvalue weighted by molar-refractivity contribution is 5.91. The molecule has 0 unspecified atom stereocenters. The van der Waals surface area contributed by atoms with E-state index < -0.39 is 6.10 Å². The van der Waals surface area contributed by atoms with Crippen LogP contribution in [0, 0.1) is 0 Å². The summed E-state index contributed by atoms with van der Waals surface area (Å²) in [6.07, 6.45) is 3.99. The summed E-state index contributed by atoms with van der Waals surface area (Å²) < 4.78 is 22.8. The van der Waals surface area contributed by atoms with E-state index in [9.17, 15) is 4.79 Å². The Morgan fingerprint density at radius 3 is 2.45 bits per heavy atom. The largest absolute Gasteiger partial charge is 0.493 e. The second-order valence-corrected chi connectivity index (χ2v) is 8.76. The Bertz CT molecular complexity index is 1030.